The third-order valence-corrected chi connectivity index (χ3v) is 3.50. The molecule has 1 heteroatoms. The van der Waals surface area contributed by atoms with E-state index in [0.717, 1.165) is 22.3 Å². The lowest BCUT2D eigenvalue weighted by Gasteiger charge is -2.15. The Morgan fingerprint density at radius 3 is 1.67 bits per heavy atom. The van der Waals surface area contributed by atoms with Crippen LogP contribution < -0.4 is 0 Å². The molecule has 104 valence electrons. The van der Waals surface area contributed by atoms with Crippen LogP contribution in [0.2, 0.25) is 0 Å². The average molecular weight is 273 g/mol. The largest absolute Gasteiger partial charge is 0.192 e. The van der Waals surface area contributed by atoms with Crippen molar-refractivity contribution in [3.05, 3.63) is 89.5 Å². The number of hydrogen-bond donors (Lipinski definition) is 0. The van der Waals surface area contributed by atoms with Crippen molar-refractivity contribution in [1.29, 1.82) is 5.26 Å². The summed E-state index contributed by atoms with van der Waals surface area (Å²) in [6.07, 6.45) is 0. The summed E-state index contributed by atoms with van der Waals surface area (Å²) >= 11 is 0. The van der Waals surface area contributed by atoms with Gasteiger partial charge in [0.25, 0.3) is 0 Å². The van der Waals surface area contributed by atoms with Gasteiger partial charge in [-0.15, -0.1) is 0 Å². The van der Waals surface area contributed by atoms with Gasteiger partial charge < -0.3 is 0 Å². The zero-order valence-electron chi connectivity index (χ0n) is 12.5. The first-order valence-electron chi connectivity index (χ1n) is 7.09. The molecule has 0 aliphatic heterocycles. The highest BCUT2D eigenvalue weighted by molar-refractivity contribution is 5.86. The molecule has 0 unspecified atom stereocenters. The molecule has 0 aliphatic carbocycles. The third-order valence-electron chi connectivity index (χ3n) is 3.50. The maximum absolute atomic E-state index is 9.67. The van der Waals surface area contributed by atoms with Gasteiger partial charge in [-0.3, -0.25) is 0 Å². The summed E-state index contributed by atoms with van der Waals surface area (Å²) in [7, 11) is 0. The van der Waals surface area contributed by atoms with Gasteiger partial charge in [0.15, 0.2) is 0 Å². The van der Waals surface area contributed by atoms with Crippen LogP contribution in [0.3, 0.4) is 0 Å². The van der Waals surface area contributed by atoms with Crippen LogP contribution in [-0.2, 0) is 0 Å². The molecule has 0 bridgehead atoms. The first kappa shape index (κ1) is 14.8. The van der Waals surface area contributed by atoms with Crippen LogP contribution in [0.5, 0.6) is 0 Å². The van der Waals surface area contributed by atoms with Crippen LogP contribution in [-0.4, -0.2) is 0 Å². The summed E-state index contributed by atoms with van der Waals surface area (Å²) in [6.45, 7) is 8.24. The van der Waals surface area contributed by atoms with Crippen LogP contribution in [0, 0.1) is 17.2 Å². The van der Waals surface area contributed by atoms with E-state index >= 15 is 0 Å². The van der Waals surface area contributed by atoms with E-state index in [1.807, 2.05) is 60.7 Å². The van der Waals surface area contributed by atoms with Crippen molar-refractivity contribution < 1.29 is 0 Å². The maximum atomic E-state index is 9.67. The molecular formula is C20H19N. The molecule has 1 nitrogen and oxygen atoms in total. The minimum absolute atomic E-state index is 0.238. The SMILES string of the molecule is C=C(C(C#N)=C(c1ccccc1)c1ccccc1)C(C)C. The highest BCUT2D eigenvalue weighted by Gasteiger charge is 2.16. The minimum Gasteiger partial charge on any atom is -0.192 e. The van der Waals surface area contributed by atoms with Crippen LogP contribution in [0.15, 0.2) is 78.4 Å². The minimum atomic E-state index is 0.238. The molecule has 0 aromatic heterocycles. The highest BCUT2D eigenvalue weighted by Crippen LogP contribution is 2.31. The fourth-order valence-electron chi connectivity index (χ4n) is 2.24. The number of hydrogen-bond acceptors (Lipinski definition) is 1. The summed E-state index contributed by atoms with van der Waals surface area (Å²) < 4.78 is 0. The Labute approximate surface area is 126 Å². The predicted octanol–water partition coefficient (Wildman–Crippen LogP) is 5.22. The van der Waals surface area contributed by atoms with Crippen molar-refractivity contribution in [3.8, 4) is 6.07 Å². The van der Waals surface area contributed by atoms with Crippen LogP contribution >= 0.6 is 0 Å². The number of nitrogens with zero attached hydrogens (tertiary/aromatic N) is 1. The molecule has 0 aliphatic rings. The number of nitriles is 1. The van der Waals surface area contributed by atoms with Gasteiger partial charge in [-0.25, -0.2) is 0 Å². The molecule has 0 N–H and O–H groups in total. The smallest absolute Gasteiger partial charge is 0.100 e. The van der Waals surface area contributed by atoms with E-state index in [4.69, 9.17) is 0 Å². The van der Waals surface area contributed by atoms with Crippen molar-refractivity contribution in [1.82, 2.24) is 0 Å². The monoisotopic (exact) mass is 273 g/mol. The molecule has 2 aromatic rings. The van der Waals surface area contributed by atoms with E-state index in [-0.39, 0.29) is 5.92 Å². The fourth-order valence-corrected chi connectivity index (χ4v) is 2.24. The third kappa shape index (κ3) is 3.30. The Bertz CT molecular complexity index is 644. The lowest BCUT2D eigenvalue weighted by molar-refractivity contribution is 0.788. The molecular weight excluding hydrogens is 254 g/mol. The van der Waals surface area contributed by atoms with E-state index in [1.54, 1.807) is 0 Å². The second kappa shape index (κ2) is 6.72. The molecule has 21 heavy (non-hydrogen) atoms. The van der Waals surface area contributed by atoms with Gasteiger partial charge in [-0.2, -0.15) is 5.26 Å². The molecule has 0 amide bonds. The van der Waals surface area contributed by atoms with E-state index in [0.29, 0.717) is 5.57 Å². The van der Waals surface area contributed by atoms with E-state index in [2.05, 4.69) is 26.5 Å². The van der Waals surface area contributed by atoms with Gasteiger partial charge in [0.1, 0.15) is 6.07 Å². The average Bonchev–Trinajstić information content (AvgIpc) is 2.53. The lowest BCUT2D eigenvalue weighted by atomic mass is 9.87. The molecule has 0 saturated heterocycles. The van der Waals surface area contributed by atoms with Crippen molar-refractivity contribution in [3.63, 3.8) is 0 Å². The molecule has 0 atom stereocenters. The maximum Gasteiger partial charge on any atom is 0.100 e. The first-order valence-corrected chi connectivity index (χ1v) is 7.09. The Morgan fingerprint density at radius 1 is 0.905 bits per heavy atom. The number of benzene rings is 2. The molecule has 0 spiro atoms. The molecule has 0 radical (unpaired) electrons. The molecule has 0 fully saturated rings. The van der Waals surface area contributed by atoms with Crippen molar-refractivity contribution in [2.75, 3.05) is 0 Å². The van der Waals surface area contributed by atoms with Crippen molar-refractivity contribution >= 4 is 5.57 Å². The van der Waals surface area contributed by atoms with Crippen LogP contribution in [0.1, 0.15) is 25.0 Å². The second-order valence-electron chi connectivity index (χ2n) is 5.27. The van der Waals surface area contributed by atoms with Gasteiger partial charge in [-0.05, 0) is 22.6 Å². The topological polar surface area (TPSA) is 23.8 Å². The summed E-state index contributed by atoms with van der Waals surface area (Å²) in [5.41, 5.74) is 4.59. The van der Waals surface area contributed by atoms with E-state index in [1.165, 1.54) is 0 Å². The molecule has 0 saturated carbocycles. The van der Waals surface area contributed by atoms with Gasteiger partial charge in [0.05, 0.1) is 5.57 Å². The van der Waals surface area contributed by atoms with Crippen LogP contribution in [0.4, 0.5) is 0 Å². The van der Waals surface area contributed by atoms with Gasteiger partial charge in [0, 0.05) is 5.57 Å². The van der Waals surface area contributed by atoms with E-state index in [9.17, 15) is 5.26 Å². The second-order valence-corrected chi connectivity index (χ2v) is 5.27. The Morgan fingerprint density at radius 2 is 1.33 bits per heavy atom. The quantitative estimate of drug-likeness (QED) is 0.553. The van der Waals surface area contributed by atoms with Gasteiger partial charge in [-0.1, -0.05) is 81.1 Å². The molecule has 2 rings (SSSR count). The Balaban J connectivity index is 2.72. The fraction of sp³-hybridized carbons (Fsp3) is 0.150. The highest BCUT2D eigenvalue weighted by atomic mass is 14.3. The summed E-state index contributed by atoms with van der Waals surface area (Å²) in [5.74, 6) is 0.238. The number of rotatable bonds is 4. The zero-order valence-corrected chi connectivity index (χ0v) is 12.5. The van der Waals surface area contributed by atoms with Crippen molar-refractivity contribution in [2.24, 2.45) is 5.92 Å². The Kier molecular flexibility index (Phi) is 4.74. The first-order chi connectivity index (χ1) is 10.1. The Hall–Kier alpha value is -2.59. The standard InChI is InChI=1S/C20H19N/c1-15(2)16(3)19(14-21)20(17-10-6-4-7-11-17)18-12-8-5-9-13-18/h4-13,15H,3H2,1-2H3. The van der Waals surface area contributed by atoms with Crippen molar-refractivity contribution in [2.45, 2.75) is 13.8 Å². The zero-order chi connectivity index (χ0) is 15.2. The lowest BCUT2D eigenvalue weighted by Crippen LogP contribution is -2.00. The molecule has 0 heterocycles. The predicted molar refractivity (Wildman–Crippen MR) is 88.5 cm³/mol. The van der Waals surface area contributed by atoms with Gasteiger partial charge >= 0.3 is 0 Å². The molecule has 2 aromatic carbocycles. The van der Waals surface area contributed by atoms with Gasteiger partial charge in [0.2, 0.25) is 0 Å². The summed E-state index contributed by atoms with van der Waals surface area (Å²) in [6, 6.07) is 22.4. The number of allylic oxidation sites excluding steroid dienone is 2. The van der Waals surface area contributed by atoms with Crippen LogP contribution in [0.25, 0.3) is 5.57 Å². The van der Waals surface area contributed by atoms with E-state index < -0.39 is 0 Å². The normalized spacial score (nSPS) is 10.0. The summed E-state index contributed by atoms with van der Waals surface area (Å²) in [4.78, 5) is 0. The summed E-state index contributed by atoms with van der Waals surface area (Å²) in [5, 5.41) is 9.67.